The van der Waals surface area contributed by atoms with Crippen molar-refractivity contribution < 1.29 is 13.6 Å². The molecule has 0 radical (unpaired) electrons. The van der Waals surface area contributed by atoms with E-state index < -0.39 is 7.28 Å². The number of benzene rings is 4. The van der Waals surface area contributed by atoms with Crippen molar-refractivity contribution in [2.45, 2.75) is 40.5 Å². The van der Waals surface area contributed by atoms with Gasteiger partial charge in [0, 0.05) is 0 Å². The maximum absolute atomic E-state index is 7.29. The van der Waals surface area contributed by atoms with E-state index in [0.717, 1.165) is 45.9 Å². The van der Waals surface area contributed by atoms with E-state index in [9.17, 15) is 0 Å². The second-order valence-electron chi connectivity index (χ2n) is 8.90. The van der Waals surface area contributed by atoms with Gasteiger partial charge in [0.25, 0.3) is 0 Å². The molecule has 0 atom stereocenters. The van der Waals surface area contributed by atoms with Crippen molar-refractivity contribution in [1.29, 1.82) is 0 Å². The molecule has 0 fully saturated rings. The minimum atomic E-state index is -4.27. The van der Waals surface area contributed by atoms with Gasteiger partial charge in [0.1, 0.15) is 0 Å². The molecular weight excluding hydrogens is 451 g/mol. The molecule has 0 aliphatic rings. The summed E-state index contributed by atoms with van der Waals surface area (Å²) in [7, 11) is -4.27. The number of hydrogen-bond acceptors (Lipinski definition) is 3. The Balaban J connectivity index is 2.14. The predicted molar refractivity (Wildman–Crippen MR) is 148 cm³/mol. The molecule has 0 saturated heterocycles. The van der Waals surface area contributed by atoms with Gasteiger partial charge < -0.3 is 0 Å². The van der Waals surface area contributed by atoms with Crippen LogP contribution in [0.15, 0.2) is 103 Å². The number of unbranched alkanes of at least 4 members (excludes halogenated alkanes) is 1. The number of hydrogen-bond donors (Lipinski definition) is 0. The van der Waals surface area contributed by atoms with Gasteiger partial charge >= 0.3 is 210 Å². The Hall–Kier alpha value is -3.13. The van der Waals surface area contributed by atoms with E-state index in [1.807, 2.05) is 72.8 Å². The van der Waals surface area contributed by atoms with E-state index in [1.165, 1.54) is 0 Å². The van der Waals surface area contributed by atoms with Crippen molar-refractivity contribution in [3.8, 4) is 11.5 Å². The summed E-state index contributed by atoms with van der Waals surface area (Å²) in [4.78, 5) is 0. The van der Waals surface area contributed by atoms with Gasteiger partial charge in [-0.15, -0.1) is 0 Å². The first-order valence-electron chi connectivity index (χ1n) is 12.3. The molecule has 182 valence electrons. The van der Waals surface area contributed by atoms with E-state index in [0.29, 0.717) is 12.4 Å². The fourth-order valence-electron chi connectivity index (χ4n) is 4.41. The average molecular weight is 487 g/mol. The van der Waals surface area contributed by atoms with E-state index in [-0.39, 0.29) is 0 Å². The van der Waals surface area contributed by atoms with Crippen molar-refractivity contribution >= 4 is 17.9 Å². The van der Waals surface area contributed by atoms with Crippen LogP contribution in [0.1, 0.15) is 36.5 Å². The fourth-order valence-corrected chi connectivity index (χ4v) is 9.07. The minimum absolute atomic E-state index is 0.510. The third-order valence-electron chi connectivity index (χ3n) is 6.26. The molecule has 0 unspecified atom stereocenters. The van der Waals surface area contributed by atoms with Gasteiger partial charge in [-0.05, 0) is 0 Å². The zero-order valence-corrected chi connectivity index (χ0v) is 22.0. The van der Waals surface area contributed by atoms with Crippen LogP contribution in [0.4, 0.5) is 0 Å². The van der Waals surface area contributed by atoms with Gasteiger partial charge in [0.05, 0.1) is 0 Å². The molecule has 4 aromatic carbocycles. The molecule has 0 spiro atoms. The van der Waals surface area contributed by atoms with Crippen LogP contribution in [-0.4, -0.2) is 6.61 Å². The van der Waals surface area contributed by atoms with E-state index in [1.54, 1.807) is 0 Å². The first kappa shape index (κ1) is 25.0. The second kappa shape index (κ2) is 10.6. The van der Waals surface area contributed by atoms with Crippen LogP contribution < -0.4 is 19.7 Å². The second-order valence-corrected chi connectivity index (χ2v) is 12.3. The summed E-state index contributed by atoms with van der Waals surface area (Å²) < 4.78 is 21.6. The van der Waals surface area contributed by atoms with E-state index in [4.69, 9.17) is 13.6 Å². The summed E-state index contributed by atoms with van der Waals surface area (Å²) in [6.45, 7) is 8.95. The first-order valence-corrected chi connectivity index (χ1v) is 14.3. The molecule has 0 aliphatic heterocycles. The van der Waals surface area contributed by atoms with Crippen LogP contribution in [0, 0.1) is 20.8 Å². The summed E-state index contributed by atoms with van der Waals surface area (Å²) >= 11 is 0. The zero-order valence-electron chi connectivity index (χ0n) is 21.1. The molecule has 0 N–H and O–H groups in total. The fraction of sp³-hybridized carbons (Fsp3) is 0.226. The maximum atomic E-state index is 7.29. The Morgan fingerprint density at radius 2 is 1.09 bits per heavy atom. The van der Waals surface area contributed by atoms with Gasteiger partial charge in [-0.2, -0.15) is 0 Å². The summed E-state index contributed by atoms with van der Waals surface area (Å²) in [5.74, 6) is 1.46. The summed E-state index contributed by atoms with van der Waals surface area (Å²) in [6, 6.07) is 34.6. The Morgan fingerprint density at radius 3 is 1.63 bits per heavy atom. The van der Waals surface area contributed by atoms with Gasteiger partial charge in [-0.25, -0.2) is 0 Å². The monoisotopic (exact) mass is 486 g/mol. The molecule has 0 saturated carbocycles. The van der Waals surface area contributed by atoms with Crippen molar-refractivity contribution in [1.82, 2.24) is 0 Å². The molecule has 0 aromatic heterocycles. The molecule has 0 heterocycles. The summed E-state index contributed by atoms with van der Waals surface area (Å²) in [6.07, 6.45) is 1.90. The molecule has 0 amide bonds. The van der Waals surface area contributed by atoms with Crippen molar-refractivity contribution in [3.05, 3.63) is 120 Å². The van der Waals surface area contributed by atoms with Crippen LogP contribution in [0.25, 0.3) is 0 Å². The Kier molecular flexibility index (Phi) is 7.60. The van der Waals surface area contributed by atoms with Crippen LogP contribution in [0.2, 0.25) is 0 Å². The zero-order chi connectivity index (χ0) is 24.8. The molecule has 35 heavy (non-hydrogen) atoms. The SMILES string of the molecule is CCCCOP(Oc1ccccc1)(Oc1ccccc1C)(c1ccccc1C)c1ccccc1C. The normalized spacial score (nSPS) is 12.5. The van der Waals surface area contributed by atoms with Crippen LogP contribution in [-0.2, 0) is 4.52 Å². The topological polar surface area (TPSA) is 27.7 Å². The van der Waals surface area contributed by atoms with Crippen LogP contribution in [0.3, 0.4) is 0 Å². The predicted octanol–water partition coefficient (Wildman–Crippen LogP) is 7.84. The summed E-state index contributed by atoms with van der Waals surface area (Å²) in [5.41, 5.74) is 3.16. The quantitative estimate of drug-likeness (QED) is 0.169. The molecule has 4 rings (SSSR count). The van der Waals surface area contributed by atoms with E-state index >= 15 is 0 Å². The molecule has 0 bridgehead atoms. The Morgan fingerprint density at radius 1 is 0.571 bits per heavy atom. The number of rotatable bonds is 10. The first-order chi connectivity index (χ1) is 17.0. The Bertz CT molecular complexity index is 1220. The molecule has 4 aromatic rings. The average Bonchev–Trinajstić information content (AvgIpc) is 2.87. The Labute approximate surface area is 209 Å². The van der Waals surface area contributed by atoms with Gasteiger partial charge in [-0.1, -0.05) is 0 Å². The van der Waals surface area contributed by atoms with Gasteiger partial charge in [0.15, 0.2) is 0 Å². The van der Waals surface area contributed by atoms with Crippen molar-refractivity contribution in [3.63, 3.8) is 0 Å². The van der Waals surface area contributed by atoms with Crippen molar-refractivity contribution in [2.75, 3.05) is 6.61 Å². The summed E-state index contributed by atoms with van der Waals surface area (Å²) in [5, 5.41) is 1.88. The van der Waals surface area contributed by atoms with Crippen molar-refractivity contribution in [2.24, 2.45) is 0 Å². The number of para-hydroxylation sites is 2. The molecule has 4 heteroatoms. The van der Waals surface area contributed by atoms with Crippen LogP contribution >= 0.6 is 7.28 Å². The van der Waals surface area contributed by atoms with Gasteiger partial charge in [-0.3, -0.25) is 0 Å². The molecule has 0 aliphatic carbocycles. The van der Waals surface area contributed by atoms with Crippen LogP contribution in [0.5, 0.6) is 11.5 Å². The standard InChI is InChI=1S/C31H35O3P/c1-5-6-24-32-35(30-22-14-11-17-26(30)3,31-23-15-12-18-27(31)4,33-28-19-8-7-9-20-28)34-29-21-13-10-16-25(29)2/h7-23H,5-6,24H2,1-4H3. The molecular formula is C31H35O3P. The third-order valence-corrected chi connectivity index (χ3v) is 10.6. The number of aryl methyl sites for hydroxylation is 3. The molecule has 3 nitrogen and oxygen atoms in total. The van der Waals surface area contributed by atoms with E-state index in [2.05, 4.69) is 58.0 Å². The van der Waals surface area contributed by atoms with Gasteiger partial charge in [0.2, 0.25) is 0 Å². The third kappa shape index (κ3) is 4.85.